The van der Waals surface area contributed by atoms with Crippen LogP contribution in [0, 0.1) is 20.8 Å². The number of nitrogen functional groups attached to an aromatic ring is 1. The maximum Gasteiger partial charge on any atom is 0.145 e. The first-order valence-corrected chi connectivity index (χ1v) is 6.03. The van der Waals surface area contributed by atoms with E-state index < -0.39 is 0 Å². The maximum atomic E-state index is 5.37. The predicted molar refractivity (Wildman–Crippen MR) is 72.6 cm³/mol. The summed E-state index contributed by atoms with van der Waals surface area (Å²) >= 11 is 0. The van der Waals surface area contributed by atoms with Gasteiger partial charge in [-0.15, -0.1) is 0 Å². The van der Waals surface area contributed by atoms with Crippen molar-refractivity contribution < 1.29 is 4.52 Å². The van der Waals surface area contributed by atoms with Crippen molar-refractivity contribution in [1.29, 1.82) is 0 Å². The topological polar surface area (TPSA) is 102 Å². The molecule has 0 radical (unpaired) electrons. The molecule has 7 heteroatoms. The van der Waals surface area contributed by atoms with Crippen LogP contribution in [0.2, 0.25) is 0 Å². The van der Waals surface area contributed by atoms with Crippen LogP contribution < -0.4 is 16.6 Å². The van der Waals surface area contributed by atoms with E-state index in [-0.39, 0.29) is 6.04 Å². The third-order valence-electron chi connectivity index (χ3n) is 2.87. The van der Waals surface area contributed by atoms with Crippen LogP contribution in [0.1, 0.15) is 35.8 Å². The van der Waals surface area contributed by atoms with Gasteiger partial charge < -0.3 is 15.3 Å². The number of aryl methyl sites for hydroxylation is 3. The van der Waals surface area contributed by atoms with E-state index in [1.807, 2.05) is 27.7 Å². The highest BCUT2D eigenvalue weighted by atomic mass is 16.5. The van der Waals surface area contributed by atoms with Gasteiger partial charge >= 0.3 is 0 Å². The quantitative estimate of drug-likeness (QED) is 0.570. The number of nitrogens with zero attached hydrogens (tertiary/aromatic N) is 3. The normalized spacial score (nSPS) is 12.3. The second-order valence-corrected chi connectivity index (χ2v) is 4.43. The van der Waals surface area contributed by atoms with Gasteiger partial charge in [-0.25, -0.2) is 15.8 Å². The van der Waals surface area contributed by atoms with Crippen LogP contribution in [0.15, 0.2) is 10.6 Å². The molecule has 2 aromatic heterocycles. The average Bonchev–Trinajstić information content (AvgIpc) is 2.68. The Bertz CT molecular complexity index is 560. The van der Waals surface area contributed by atoms with Crippen molar-refractivity contribution in [2.24, 2.45) is 5.84 Å². The smallest absolute Gasteiger partial charge is 0.145 e. The Morgan fingerprint density at radius 1 is 1.21 bits per heavy atom. The van der Waals surface area contributed by atoms with E-state index in [1.54, 1.807) is 6.07 Å². The summed E-state index contributed by atoms with van der Waals surface area (Å²) in [5.74, 6) is 8.09. The number of nitrogens with one attached hydrogen (secondary N) is 2. The number of hydrogen-bond acceptors (Lipinski definition) is 7. The third-order valence-corrected chi connectivity index (χ3v) is 2.87. The fourth-order valence-corrected chi connectivity index (χ4v) is 2.12. The Morgan fingerprint density at radius 3 is 2.47 bits per heavy atom. The van der Waals surface area contributed by atoms with Crippen LogP contribution in [-0.4, -0.2) is 15.1 Å². The van der Waals surface area contributed by atoms with Crippen molar-refractivity contribution in [3.63, 3.8) is 0 Å². The molecule has 0 saturated heterocycles. The second kappa shape index (κ2) is 5.23. The molecule has 0 spiro atoms. The molecule has 7 nitrogen and oxygen atoms in total. The Hall–Kier alpha value is -2.15. The molecule has 0 amide bonds. The van der Waals surface area contributed by atoms with Crippen LogP contribution in [0.5, 0.6) is 0 Å². The van der Waals surface area contributed by atoms with Crippen molar-refractivity contribution in [3.05, 3.63) is 28.9 Å². The van der Waals surface area contributed by atoms with E-state index in [0.717, 1.165) is 17.0 Å². The number of rotatable bonds is 4. The van der Waals surface area contributed by atoms with Gasteiger partial charge in [0.25, 0.3) is 0 Å². The molecule has 4 N–H and O–H groups in total. The van der Waals surface area contributed by atoms with Crippen molar-refractivity contribution in [2.75, 3.05) is 10.7 Å². The van der Waals surface area contributed by atoms with Gasteiger partial charge in [-0.05, 0) is 27.7 Å². The third kappa shape index (κ3) is 2.82. The summed E-state index contributed by atoms with van der Waals surface area (Å²) in [6.07, 6.45) is 0. The highest BCUT2D eigenvalue weighted by molar-refractivity contribution is 5.48. The Balaban J connectivity index is 2.24. The number of aromatic nitrogens is 3. The lowest BCUT2D eigenvalue weighted by atomic mass is 10.1. The van der Waals surface area contributed by atoms with Crippen molar-refractivity contribution in [1.82, 2.24) is 15.1 Å². The summed E-state index contributed by atoms with van der Waals surface area (Å²) < 4.78 is 5.17. The fraction of sp³-hybridized carbons (Fsp3) is 0.417. The minimum absolute atomic E-state index is 0.0335. The Morgan fingerprint density at radius 2 is 1.89 bits per heavy atom. The van der Waals surface area contributed by atoms with Gasteiger partial charge in [0, 0.05) is 11.6 Å². The molecule has 0 aromatic carbocycles. The van der Waals surface area contributed by atoms with Gasteiger partial charge in [-0.3, -0.25) is 0 Å². The van der Waals surface area contributed by atoms with E-state index in [1.165, 1.54) is 0 Å². The number of hydrazine groups is 1. The van der Waals surface area contributed by atoms with E-state index in [9.17, 15) is 0 Å². The van der Waals surface area contributed by atoms with Crippen LogP contribution in [0.3, 0.4) is 0 Å². The molecule has 0 fully saturated rings. The van der Waals surface area contributed by atoms with Crippen LogP contribution >= 0.6 is 0 Å². The first-order valence-electron chi connectivity index (χ1n) is 6.03. The van der Waals surface area contributed by atoms with Gasteiger partial charge in [0.2, 0.25) is 0 Å². The molecule has 0 aliphatic rings. The SMILES string of the molecule is Cc1nc(NN)cc(NC(C)c2c(C)noc2C)n1. The van der Waals surface area contributed by atoms with E-state index in [0.29, 0.717) is 17.5 Å². The molecule has 0 saturated carbocycles. The number of nitrogens with two attached hydrogens (primary N) is 1. The Kier molecular flexibility index (Phi) is 3.66. The summed E-state index contributed by atoms with van der Waals surface area (Å²) in [4.78, 5) is 8.46. The summed E-state index contributed by atoms with van der Waals surface area (Å²) in [6, 6.07) is 1.79. The fourth-order valence-electron chi connectivity index (χ4n) is 2.12. The molecule has 1 unspecified atom stereocenters. The minimum Gasteiger partial charge on any atom is -0.363 e. The Labute approximate surface area is 111 Å². The zero-order chi connectivity index (χ0) is 14.0. The number of hydrogen-bond donors (Lipinski definition) is 3. The lowest BCUT2D eigenvalue weighted by Crippen LogP contribution is -2.13. The van der Waals surface area contributed by atoms with E-state index in [4.69, 9.17) is 10.4 Å². The standard InChI is InChI=1S/C12H18N6O/c1-6(12-7(2)18-19-8(12)3)14-10-5-11(17-13)16-9(4)15-10/h5-6H,13H2,1-4H3,(H2,14,15,16,17). The van der Waals surface area contributed by atoms with E-state index >= 15 is 0 Å². The van der Waals surface area contributed by atoms with Crippen LogP contribution in [-0.2, 0) is 0 Å². The lowest BCUT2D eigenvalue weighted by molar-refractivity contribution is 0.392. The predicted octanol–water partition coefficient (Wildman–Crippen LogP) is 1.85. The zero-order valence-corrected chi connectivity index (χ0v) is 11.5. The first-order chi connectivity index (χ1) is 9.01. The summed E-state index contributed by atoms with van der Waals surface area (Å²) in [6.45, 7) is 7.65. The first kappa shape index (κ1) is 13.3. The average molecular weight is 262 g/mol. The largest absolute Gasteiger partial charge is 0.363 e. The molecule has 2 rings (SSSR count). The summed E-state index contributed by atoms with van der Waals surface area (Å²) in [5.41, 5.74) is 4.43. The van der Waals surface area contributed by atoms with Gasteiger partial charge in [0.15, 0.2) is 0 Å². The monoisotopic (exact) mass is 262 g/mol. The molecule has 0 bridgehead atoms. The van der Waals surface area contributed by atoms with E-state index in [2.05, 4.69) is 25.9 Å². The molecule has 2 heterocycles. The summed E-state index contributed by atoms with van der Waals surface area (Å²) in [7, 11) is 0. The molecular formula is C12H18N6O. The van der Waals surface area contributed by atoms with Crippen LogP contribution in [0.4, 0.5) is 11.6 Å². The molecule has 2 aromatic rings. The van der Waals surface area contributed by atoms with Gasteiger partial charge in [0.1, 0.15) is 23.2 Å². The van der Waals surface area contributed by atoms with Crippen molar-refractivity contribution in [3.8, 4) is 0 Å². The zero-order valence-electron chi connectivity index (χ0n) is 11.5. The second-order valence-electron chi connectivity index (χ2n) is 4.43. The van der Waals surface area contributed by atoms with Crippen LogP contribution in [0.25, 0.3) is 0 Å². The number of anilines is 2. The van der Waals surface area contributed by atoms with Gasteiger partial charge in [0.05, 0.1) is 11.7 Å². The minimum atomic E-state index is 0.0335. The van der Waals surface area contributed by atoms with Crippen molar-refractivity contribution >= 4 is 11.6 Å². The van der Waals surface area contributed by atoms with Gasteiger partial charge in [-0.1, -0.05) is 5.16 Å². The summed E-state index contributed by atoms with van der Waals surface area (Å²) in [5, 5.41) is 7.24. The molecular weight excluding hydrogens is 244 g/mol. The molecule has 1 atom stereocenters. The molecule has 0 aliphatic carbocycles. The lowest BCUT2D eigenvalue weighted by Gasteiger charge is -2.15. The highest BCUT2D eigenvalue weighted by Gasteiger charge is 2.17. The van der Waals surface area contributed by atoms with Gasteiger partial charge in [-0.2, -0.15) is 0 Å². The maximum absolute atomic E-state index is 5.37. The highest BCUT2D eigenvalue weighted by Crippen LogP contribution is 2.24. The van der Waals surface area contributed by atoms with Crippen molar-refractivity contribution in [2.45, 2.75) is 33.7 Å². The molecule has 0 aliphatic heterocycles. The molecule has 19 heavy (non-hydrogen) atoms. The molecule has 102 valence electrons.